The van der Waals surface area contributed by atoms with Gasteiger partial charge in [0, 0.05) is 6.54 Å². The zero-order valence-corrected chi connectivity index (χ0v) is 7.42. The van der Waals surface area contributed by atoms with Crippen molar-refractivity contribution < 1.29 is 4.84 Å². The lowest BCUT2D eigenvalue weighted by Crippen LogP contribution is -2.40. The second-order valence-corrected chi connectivity index (χ2v) is 2.91. The van der Waals surface area contributed by atoms with E-state index >= 15 is 0 Å². The van der Waals surface area contributed by atoms with Crippen LogP contribution >= 0.6 is 0 Å². The number of piperidine rings is 1. The molecule has 0 aromatic carbocycles. The lowest BCUT2D eigenvalue weighted by atomic mass is 10.1. The van der Waals surface area contributed by atoms with E-state index in [1.165, 1.54) is 0 Å². The SMILES string of the molecule is CNCON1CCCCC1C#N. The second-order valence-electron chi connectivity index (χ2n) is 2.91. The van der Waals surface area contributed by atoms with Crippen molar-refractivity contribution in [3.63, 3.8) is 0 Å². The van der Waals surface area contributed by atoms with Gasteiger partial charge in [-0.1, -0.05) is 0 Å². The molecule has 0 radical (unpaired) electrons. The Hall–Kier alpha value is -0.630. The van der Waals surface area contributed by atoms with Gasteiger partial charge in [0.25, 0.3) is 0 Å². The maximum atomic E-state index is 8.77. The highest BCUT2D eigenvalue weighted by molar-refractivity contribution is 4.91. The molecule has 0 aromatic rings. The lowest BCUT2D eigenvalue weighted by Gasteiger charge is -2.29. The van der Waals surface area contributed by atoms with Gasteiger partial charge in [-0.05, 0) is 26.3 Å². The molecule has 68 valence electrons. The number of nitrogens with one attached hydrogen (secondary N) is 1. The van der Waals surface area contributed by atoms with Crippen LogP contribution in [0, 0.1) is 11.3 Å². The molecule has 1 aliphatic rings. The first-order valence-electron chi connectivity index (χ1n) is 4.32. The molecule has 1 atom stereocenters. The molecule has 1 aliphatic heterocycles. The fraction of sp³-hybridized carbons (Fsp3) is 0.875. The number of hydrogen-bond acceptors (Lipinski definition) is 4. The van der Waals surface area contributed by atoms with Gasteiger partial charge in [0.15, 0.2) is 0 Å². The van der Waals surface area contributed by atoms with Crippen molar-refractivity contribution in [2.24, 2.45) is 0 Å². The molecule has 4 nitrogen and oxygen atoms in total. The quantitative estimate of drug-likeness (QED) is 0.624. The Kier molecular flexibility index (Phi) is 4.01. The summed E-state index contributed by atoms with van der Waals surface area (Å²) in [4.78, 5) is 5.34. The van der Waals surface area contributed by atoms with Crippen molar-refractivity contribution in [1.82, 2.24) is 10.4 Å². The first-order chi connectivity index (χ1) is 5.88. The minimum absolute atomic E-state index is 0.0490. The summed E-state index contributed by atoms with van der Waals surface area (Å²) in [6.45, 7) is 1.36. The van der Waals surface area contributed by atoms with Gasteiger partial charge in [-0.3, -0.25) is 10.2 Å². The van der Waals surface area contributed by atoms with Crippen molar-refractivity contribution >= 4 is 0 Å². The molecule has 1 heterocycles. The summed E-state index contributed by atoms with van der Waals surface area (Å²) in [5.41, 5.74) is 0. The lowest BCUT2D eigenvalue weighted by molar-refractivity contribution is -0.189. The molecular formula is C8H15N3O. The number of nitrogens with zero attached hydrogens (tertiary/aromatic N) is 2. The van der Waals surface area contributed by atoms with Crippen molar-refractivity contribution in [1.29, 1.82) is 5.26 Å². The molecule has 1 N–H and O–H groups in total. The summed E-state index contributed by atoms with van der Waals surface area (Å²) >= 11 is 0. The van der Waals surface area contributed by atoms with E-state index in [4.69, 9.17) is 10.1 Å². The normalized spacial score (nSPS) is 25.2. The molecule has 0 amide bonds. The van der Waals surface area contributed by atoms with Crippen LogP contribution in [0.1, 0.15) is 19.3 Å². The fourth-order valence-corrected chi connectivity index (χ4v) is 1.34. The predicted molar refractivity (Wildman–Crippen MR) is 45.0 cm³/mol. The third-order valence-corrected chi connectivity index (χ3v) is 1.98. The molecule has 1 fully saturated rings. The average molecular weight is 169 g/mol. The summed E-state index contributed by atoms with van der Waals surface area (Å²) in [7, 11) is 1.82. The van der Waals surface area contributed by atoms with Gasteiger partial charge in [-0.15, -0.1) is 0 Å². The average Bonchev–Trinajstić information content (AvgIpc) is 2.15. The van der Waals surface area contributed by atoms with Gasteiger partial charge in [-0.2, -0.15) is 10.3 Å². The van der Waals surface area contributed by atoms with Crippen molar-refractivity contribution in [2.75, 3.05) is 20.3 Å². The molecule has 4 heteroatoms. The smallest absolute Gasteiger partial charge is 0.122 e. The van der Waals surface area contributed by atoms with Gasteiger partial charge in [0.2, 0.25) is 0 Å². The summed E-state index contributed by atoms with van der Waals surface area (Å²) in [6.07, 6.45) is 3.19. The third kappa shape index (κ3) is 2.45. The van der Waals surface area contributed by atoms with Crippen LogP contribution < -0.4 is 5.32 Å². The number of nitriles is 1. The van der Waals surface area contributed by atoms with E-state index in [0.29, 0.717) is 6.73 Å². The first kappa shape index (κ1) is 9.46. The van der Waals surface area contributed by atoms with Crippen molar-refractivity contribution in [3.8, 4) is 6.07 Å². The van der Waals surface area contributed by atoms with Crippen LogP contribution in [0.3, 0.4) is 0 Å². The van der Waals surface area contributed by atoms with Crippen molar-refractivity contribution in [3.05, 3.63) is 0 Å². The van der Waals surface area contributed by atoms with E-state index in [9.17, 15) is 0 Å². The molecule has 0 spiro atoms. The van der Waals surface area contributed by atoms with Gasteiger partial charge >= 0.3 is 0 Å². The van der Waals surface area contributed by atoms with E-state index in [2.05, 4.69) is 11.4 Å². The molecule has 0 aromatic heterocycles. The highest BCUT2D eigenvalue weighted by atomic mass is 16.7. The van der Waals surface area contributed by atoms with E-state index in [-0.39, 0.29) is 6.04 Å². The topological polar surface area (TPSA) is 48.3 Å². The monoisotopic (exact) mass is 169 g/mol. The zero-order chi connectivity index (χ0) is 8.81. The highest BCUT2D eigenvalue weighted by Gasteiger charge is 2.22. The Morgan fingerprint density at radius 1 is 1.67 bits per heavy atom. The molecule has 0 aliphatic carbocycles. The Balaban J connectivity index is 2.32. The Bertz CT molecular complexity index is 166. The minimum atomic E-state index is -0.0490. The van der Waals surface area contributed by atoms with Crippen LogP contribution in [0.4, 0.5) is 0 Å². The molecule has 1 unspecified atom stereocenters. The largest absolute Gasteiger partial charge is 0.296 e. The van der Waals surface area contributed by atoms with Crippen LogP contribution in [-0.2, 0) is 4.84 Å². The summed E-state index contributed by atoms with van der Waals surface area (Å²) in [5, 5.41) is 13.4. The van der Waals surface area contributed by atoms with E-state index < -0.39 is 0 Å². The zero-order valence-electron chi connectivity index (χ0n) is 7.42. The van der Waals surface area contributed by atoms with Gasteiger partial charge in [0.05, 0.1) is 6.07 Å². The molecule has 12 heavy (non-hydrogen) atoms. The maximum absolute atomic E-state index is 8.77. The van der Waals surface area contributed by atoms with Crippen LogP contribution in [0.15, 0.2) is 0 Å². The highest BCUT2D eigenvalue weighted by Crippen LogP contribution is 2.15. The summed E-state index contributed by atoms with van der Waals surface area (Å²) < 4.78 is 0. The van der Waals surface area contributed by atoms with Gasteiger partial charge in [0.1, 0.15) is 12.8 Å². The molecular weight excluding hydrogens is 154 g/mol. The van der Waals surface area contributed by atoms with Gasteiger partial charge in [-0.25, -0.2) is 0 Å². The van der Waals surface area contributed by atoms with Crippen LogP contribution in [0.5, 0.6) is 0 Å². The molecule has 0 bridgehead atoms. The Morgan fingerprint density at radius 2 is 2.50 bits per heavy atom. The Morgan fingerprint density at radius 3 is 3.17 bits per heavy atom. The van der Waals surface area contributed by atoms with Crippen molar-refractivity contribution in [2.45, 2.75) is 25.3 Å². The van der Waals surface area contributed by atoms with Crippen LogP contribution in [-0.4, -0.2) is 31.4 Å². The van der Waals surface area contributed by atoms with Crippen LogP contribution in [0.2, 0.25) is 0 Å². The summed E-state index contributed by atoms with van der Waals surface area (Å²) in [6, 6.07) is 2.19. The predicted octanol–water partition coefficient (Wildman–Crippen LogP) is 0.473. The molecule has 1 rings (SSSR count). The van der Waals surface area contributed by atoms with Gasteiger partial charge < -0.3 is 0 Å². The van der Waals surface area contributed by atoms with Crippen LogP contribution in [0.25, 0.3) is 0 Å². The fourth-order valence-electron chi connectivity index (χ4n) is 1.34. The standard InChI is InChI=1S/C8H15N3O/c1-10-7-12-11-5-3-2-4-8(11)6-9/h8,10H,2-5,7H2,1H3. The van der Waals surface area contributed by atoms with E-state index in [1.54, 1.807) is 5.06 Å². The molecule has 1 saturated heterocycles. The summed E-state index contributed by atoms with van der Waals surface area (Å²) in [5.74, 6) is 0. The number of hydrogen-bond donors (Lipinski definition) is 1. The minimum Gasteiger partial charge on any atom is -0.296 e. The number of rotatable bonds is 3. The van der Waals surface area contributed by atoms with E-state index in [0.717, 1.165) is 25.8 Å². The van der Waals surface area contributed by atoms with E-state index in [1.807, 2.05) is 7.05 Å². The third-order valence-electron chi connectivity index (χ3n) is 1.98. The first-order valence-corrected chi connectivity index (χ1v) is 4.32. The number of hydroxylamine groups is 2. The maximum Gasteiger partial charge on any atom is 0.122 e. The second kappa shape index (κ2) is 5.09. The Labute approximate surface area is 73.1 Å². The molecule has 0 saturated carbocycles.